The van der Waals surface area contributed by atoms with Crippen LogP contribution in [0.15, 0.2) is 77.9 Å². The summed E-state index contributed by atoms with van der Waals surface area (Å²) in [5.74, 6) is 0.315. The molecule has 0 saturated heterocycles. The number of carbonyl (C=O) groups excluding carboxylic acids is 1. The largest absolute Gasteiger partial charge is 0.489 e. The lowest BCUT2D eigenvalue weighted by Crippen LogP contribution is -2.17. The molecule has 4 rings (SSSR count). The third kappa shape index (κ3) is 6.90. The normalized spacial score (nSPS) is 12.1. The van der Waals surface area contributed by atoms with Gasteiger partial charge in [0.05, 0.1) is 28.7 Å². The fourth-order valence-corrected chi connectivity index (χ4v) is 4.15. The molecule has 4 aromatic rings. The molecule has 1 aromatic heterocycles. The van der Waals surface area contributed by atoms with Crippen molar-refractivity contribution in [3.05, 3.63) is 111 Å². The van der Waals surface area contributed by atoms with E-state index in [0.29, 0.717) is 23.4 Å². The van der Waals surface area contributed by atoms with Crippen molar-refractivity contribution in [2.24, 2.45) is 5.10 Å². The number of hydrogen-bond acceptors (Lipinski definition) is 4. The van der Waals surface area contributed by atoms with Crippen LogP contribution >= 0.6 is 11.6 Å². The van der Waals surface area contributed by atoms with Crippen LogP contribution in [0.4, 0.5) is 13.2 Å². The van der Waals surface area contributed by atoms with Crippen molar-refractivity contribution < 1.29 is 22.7 Å². The SMILES string of the molecule is Cc1nn(-c2cccc(C(F)(F)F)c2)c(Cl)c1/C=N/NC(=O)c1ccc(COc2ccc(C(C)(C)C)cc2)cc1. The number of hydrazone groups is 1. The van der Waals surface area contributed by atoms with Gasteiger partial charge in [-0.05, 0) is 65.9 Å². The monoisotopic (exact) mass is 568 g/mol. The highest BCUT2D eigenvalue weighted by Crippen LogP contribution is 2.31. The summed E-state index contributed by atoms with van der Waals surface area (Å²) in [7, 11) is 0. The van der Waals surface area contributed by atoms with Crippen LogP contribution in [0, 0.1) is 6.92 Å². The number of amides is 1. The summed E-state index contributed by atoms with van der Waals surface area (Å²) in [4.78, 5) is 12.5. The Kier molecular flexibility index (Phi) is 8.34. The topological polar surface area (TPSA) is 68.5 Å². The molecule has 208 valence electrons. The molecule has 0 atom stereocenters. The van der Waals surface area contributed by atoms with Crippen LogP contribution in [0.3, 0.4) is 0 Å². The molecular formula is C30H28ClF3N4O2. The average molecular weight is 569 g/mol. The number of benzene rings is 3. The fraction of sp³-hybridized carbons (Fsp3) is 0.233. The summed E-state index contributed by atoms with van der Waals surface area (Å²) in [5.41, 5.74) is 5.13. The summed E-state index contributed by atoms with van der Waals surface area (Å²) < 4.78 is 46.3. The molecule has 0 bridgehead atoms. The maximum Gasteiger partial charge on any atom is 0.416 e. The summed E-state index contributed by atoms with van der Waals surface area (Å²) in [6.45, 7) is 8.45. The second-order valence-electron chi connectivity index (χ2n) is 10.2. The highest BCUT2D eigenvalue weighted by atomic mass is 35.5. The van der Waals surface area contributed by atoms with Gasteiger partial charge in [0, 0.05) is 5.56 Å². The van der Waals surface area contributed by atoms with Crippen LogP contribution in [-0.2, 0) is 18.2 Å². The number of rotatable bonds is 7. The molecule has 0 radical (unpaired) electrons. The van der Waals surface area contributed by atoms with Gasteiger partial charge < -0.3 is 4.74 Å². The van der Waals surface area contributed by atoms with Gasteiger partial charge in [0.2, 0.25) is 0 Å². The number of aryl methyl sites for hydroxylation is 1. The standard InChI is InChI=1S/C30H28ClF3N4O2/c1-19-26(27(31)38(37-19)24-7-5-6-23(16-24)30(32,33)34)17-35-36-28(39)21-10-8-20(9-11-21)18-40-25-14-12-22(13-15-25)29(2,3)4/h5-17H,18H2,1-4H3,(H,36,39)/b35-17+. The van der Waals surface area contributed by atoms with E-state index in [9.17, 15) is 18.0 Å². The Morgan fingerprint density at radius 1 is 1.02 bits per heavy atom. The zero-order valence-electron chi connectivity index (χ0n) is 22.4. The minimum absolute atomic E-state index is 0.0622. The first-order chi connectivity index (χ1) is 18.8. The van der Waals surface area contributed by atoms with Gasteiger partial charge in [-0.1, -0.05) is 62.7 Å². The molecule has 0 aliphatic rings. The second-order valence-corrected chi connectivity index (χ2v) is 10.6. The summed E-state index contributed by atoms with van der Waals surface area (Å²) >= 11 is 6.39. The number of aromatic nitrogens is 2. The predicted molar refractivity (Wildman–Crippen MR) is 149 cm³/mol. The molecule has 40 heavy (non-hydrogen) atoms. The minimum Gasteiger partial charge on any atom is -0.489 e. The van der Waals surface area contributed by atoms with Crippen molar-refractivity contribution in [3.8, 4) is 11.4 Å². The molecule has 6 nitrogen and oxygen atoms in total. The number of alkyl halides is 3. The molecule has 0 unspecified atom stereocenters. The molecule has 3 aromatic carbocycles. The molecule has 0 spiro atoms. The van der Waals surface area contributed by atoms with E-state index in [1.54, 1.807) is 31.2 Å². The smallest absolute Gasteiger partial charge is 0.416 e. The van der Waals surface area contributed by atoms with Crippen molar-refractivity contribution in [2.75, 3.05) is 0 Å². The lowest BCUT2D eigenvalue weighted by atomic mass is 9.87. The van der Waals surface area contributed by atoms with Crippen molar-refractivity contribution in [2.45, 2.75) is 45.9 Å². The van der Waals surface area contributed by atoms with Crippen LogP contribution in [0.5, 0.6) is 5.75 Å². The van der Waals surface area contributed by atoms with Gasteiger partial charge in [-0.3, -0.25) is 4.79 Å². The molecular weight excluding hydrogens is 541 g/mol. The first-order valence-corrected chi connectivity index (χ1v) is 12.8. The van der Waals surface area contributed by atoms with Gasteiger partial charge >= 0.3 is 6.18 Å². The zero-order chi connectivity index (χ0) is 29.1. The van der Waals surface area contributed by atoms with Crippen molar-refractivity contribution >= 4 is 23.7 Å². The van der Waals surface area contributed by atoms with Crippen LogP contribution in [0.2, 0.25) is 5.15 Å². The van der Waals surface area contributed by atoms with E-state index in [1.165, 1.54) is 28.6 Å². The second kappa shape index (κ2) is 11.6. The Morgan fingerprint density at radius 2 is 1.70 bits per heavy atom. The minimum atomic E-state index is -4.50. The lowest BCUT2D eigenvalue weighted by molar-refractivity contribution is -0.137. The van der Waals surface area contributed by atoms with Gasteiger partial charge in [0.15, 0.2) is 0 Å². The molecule has 1 amide bonds. The summed E-state index contributed by atoms with van der Waals surface area (Å²) in [6.07, 6.45) is -3.19. The van der Waals surface area contributed by atoms with E-state index in [2.05, 4.69) is 36.4 Å². The number of halogens is 4. The first kappa shape index (κ1) is 28.9. The van der Waals surface area contributed by atoms with Gasteiger partial charge in [-0.15, -0.1) is 0 Å². The van der Waals surface area contributed by atoms with Crippen LogP contribution < -0.4 is 10.2 Å². The number of carbonyl (C=O) groups is 1. The van der Waals surface area contributed by atoms with Crippen molar-refractivity contribution in [3.63, 3.8) is 0 Å². The molecule has 0 fully saturated rings. The number of nitrogens with zero attached hydrogens (tertiary/aromatic N) is 3. The molecule has 1 heterocycles. The molecule has 0 aliphatic carbocycles. The highest BCUT2D eigenvalue weighted by molar-refractivity contribution is 6.32. The lowest BCUT2D eigenvalue weighted by Gasteiger charge is -2.19. The van der Waals surface area contributed by atoms with Crippen LogP contribution in [-0.4, -0.2) is 21.9 Å². The quantitative estimate of drug-likeness (QED) is 0.185. The van der Waals surface area contributed by atoms with E-state index >= 15 is 0 Å². The summed E-state index contributed by atoms with van der Waals surface area (Å²) in [5, 5.41) is 8.25. The first-order valence-electron chi connectivity index (χ1n) is 12.4. The predicted octanol–water partition coefficient (Wildman–Crippen LogP) is 7.49. The Labute approximate surface area is 235 Å². The zero-order valence-corrected chi connectivity index (χ0v) is 23.1. The average Bonchev–Trinajstić information content (AvgIpc) is 3.20. The van der Waals surface area contributed by atoms with E-state index < -0.39 is 17.6 Å². The van der Waals surface area contributed by atoms with Crippen molar-refractivity contribution in [1.82, 2.24) is 15.2 Å². The summed E-state index contributed by atoms with van der Waals surface area (Å²) in [6, 6.07) is 19.6. The molecule has 10 heteroatoms. The Morgan fingerprint density at radius 3 is 2.33 bits per heavy atom. The highest BCUT2D eigenvalue weighted by Gasteiger charge is 2.31. The number of ether oxygens (including phenoxy) is 1. The van der Waals surface area contributed by atoms with E-state index in [-0.39, 0.29) is 16.3 Å². The van der Waals surface area contributed by atoms with E-state index in [0.717, 1.165) is 23.4 Å². The fourth-order valence-electron chi connectivity index (χ4n) is 3.83. The third-order valence-corrected chi connectivity index (χ3v) is 6.53. The molecule has 1 N–H and O–H groups in total. The van der Waals surface area contributed by atoms with Gasteiger partial charge in [-0.2, -0.15) is 23.4 Å². The van der Waals surface area contributed by atoms with Crippen LogP contribution in [0.25, 0.3) is 5.69 Å². The Balaban J connectivity index is 1.36. The molecule has 0 saturated carbocycles. The van der Waals surface area contributed by atoms with E-state index in [1.807, 2.05) is 24.3 Å². The van der Waals surface area contributed by atoms with Gasteiger partial charge in [0.1, 0.15) is 17.5 Å². The molecule has 0 aliphatic heterocycles. The third-order valence-electron chi connectivity index (χ3n) is 6.17. The maximum atomic E-state index is 13.1. The Bertz CT molecular complexity index is 1520. The van der Waals surface area contributed by atoms with Crippen molar-refractivity contribution in [1.29, 1.82) is 0 Å². The number of nitrogens with one attached hydrogen (secondary N) is 1. The van der Waals surface area contributed by atoms with Gasteiger partial charge in [0.25, 0.3) is 5.91 Å². The maximum absolute atomic E-state index is 13.1. The Hall–Kier alpha value is -4.11. The number of hydrogen-bond donors (Lipinski definition) is 1. The van der Waals surface area contributed by atoms with E-state index in [4.69, 9.17) is 16.3 Å². The van der Waals surface area contributed by atoms with Gasteiger partial charge in [-0.25, -0.2) is 10.1 Å². The van der Waals surface area contributed by atoms with Crippen LogP contribution in [0.1, 0.15) is 59.1 Å².